The van der Waals surface area contributed by atoms with Crippen molar-refractivity contribution in [2.75, 3.05) is 39.8 Å². The predicted octanol–water partition coefficient (Wildman–Crippen LogP) is 3.95. The molecule has 2 aromatic carbocycles. The highest BCUT2D eigenvalue weighted by Gasteiger charge is 2.41. The van der Waals surface area contributed by atoms with Gasteiger partial charge in [-0.2, -0.15) is 0 Å². The molecule has 5 atom stereocenters. The number of hydrogen-bond acceptors (Lipinski definition) is 13. The Morgan fingerprint density at radius 1 is 0.716 bits per heavy atom. The number of nitrogens with zero attached hydrogens (tertiary/aromatic N) is 2. The lowest BCUT2D eigenvalue weighted by molar-refractivity contribution is -0.155. The minimum atomic E-state index is -1.67. The summed E-state index contributed by atoms with van der Waals surface area (Å²) in [4.78, 5) is 121. The Morgan fingerprint density at radius 2 is 1.28 bits per heavy atom. The number of carbonyl (C=O) groups is 9. The summed E-state index contributed by atoms with van der Waals surface area (Å²) in [5, 5.41) is 15.9. The first-order chi connectivity index (χ1) is 35.0. The number of hydrogen-bond donors (Lipinski definition) is 7. The molecule has 8 amide bonds. The van der Waals surface area contributed by atoms with Crippen LogP contribution in [0, 0.1) is 0 Å². The van der Waals surface area contributed by atoms with Gasteiger partial charge in [0, 0.05) is 25.2 Å². The molecule has 8 N–H and O–H groups in total. The Kier molecular flexibility index (Phi) is 23.1. The quantitative estimate of drug-likeness (QED) is 0.0231. The van der Waals surface area contributed by atoms with Crippen molar-refractivity contribution in [1.29, 1.82) is 0 Å². The number of carbonyl (C=O) groups excluding carboxylic acids is 9. The van der Waals surface area contributed by atoms with Crippen molar-refractivity contribution in [1.82, 2.24) is 41.7 Å². The van der Waals surface area contributed by atoms with Gasteiger partial charge in [-0.3, -0.25) is 33.6 Å². The SMILES string of the molecule is CCCCc1ccc(-c2ccc(C(=O)N[C@@H](CCCCCNC(=O)OC(C)(C)C)C(=O)N3CCC[C@H]3C(=O)N[C@@H](N)C(=O)N[C@@H](CCCCNC(=O)OC(C)(C)C)C(=O)N[C@@H]3CN(CC(=O)OC)C3=O)cc2)cc1. The lowest BCUT2D eigenvalue weighted by Gasteiger charge is -2.38. The standard InChI is InChI=1S/C53H79N9O12/c1-9-10-17-34-21-23-35(24-22-34)36-25-27-37(28-26-36)44(64)58-39(19-12-11-14-29-55-50(70)73-52(2,3)4)49(69)62-31-16-20-41(62)46(66)60-43(54)47(67)57-38(18-13-15-30-56-51(71)74-53(5,6)7)45(65)59-40-32-61(48(40)68)33-42(63)72-8/h21-28,38-41,43H,9-20,29-33,54H2,1-8H3,(H,55,70)(H,56,71)(H,57,67)(H,58,64)(H,59,65)(H,60,66)/t38-,39-,40+,41-,43+/m0/s1. The maximum absolute atomic E-state index is 14.4. The normalized spacial score (nSPS) is 16.6. The molecule has 74 heavy (non-hydrogen) atoms. The number of ether oxygens (including phenoxy) is 3. The summed E-state index contributed by atoms with van der Waals surface area (Å²) in [6, 6.07) is 11.2. The molecule has 2 aliphatic rings. The molecule has 2 fully saturated rings. The summed E-state index contributed by atoms with van der Waals surface area (Å²) < 4.78 is 15.2. The van der Waals surface area contributed by atoms with E-state index in [4.69, 9.17) is 15.2 Å². The maximum atomic E-state index is 14.4. The molecule has 2 saturated heterocycles. The number of methoxy groups -OCH3 is 1. The Bertz CT molecular complexity index is 2240. The zero-order valence-corrected chi connectivity index (χ0v) is 44.4. The van der Waals surface area contributed by atoms with E-state index in [1.807, 2.05) is 12.1 Å². The summed E-state index contributed by atoms with van der Waals surface area (Å²) >= 11 is 0. The zero-order valence-electron chi connectivity index (χ0n) is 44.4. The number of alkyl carbamates (subject to hydrolysis) is 2. The van der Waals surface area contributed by atoms with Crippen molar-refractivity contribution >= 4 is 53.6 Å². The van der Waals surface area contributed by atoms with Gasteiger partial charge in [0.2, 0.25) is 23.6 Å². The van der Waals surface area contributed by atoms with Gasteiger partial charge in [0.1, 0.15) is 41.9 Å². The Balaban J connectivity index is 1.42. The fourth-order valence-corrected chi connectivity index (χ4v) is 8.28. The number of amides is 8. The van der Waals surface area contributed by atoms with Crippen LogP contribution in [0.5, 0.6) is 0 Å². The van der Waals surface area contributed by atoms with Gasteiger partial charge in [-0.1, -0.05) is 62.6 Å². The number of esters is 1. The zero-order chi connectivity index (χ0) is 54.6. The minimum Gasteiger partial charge on any atom is -0.468 e. The van der Waals surface area contributed by atoms with Crippen LogP contribution < -0.4 is 37.6 Å². The van der Waals surface area contributed by atoms with Gasteiger partial charge in [0.15, 0.2) is 6.17 Å². The second-order valence-corrected chi connectivity index (χ2v) is 20.7. The molecule has 408 valence electrons. The van der Waals surface area contributed by atoms with Crippen molar-refractivity contribution in [3.05, 3.63) is 59.7 Å². The predicted molar refractivity (Wildman–Crippen MR) is 276 cm³/mol. The highest BCUT2D eigenvalue weighted by atomic mass is 16.6. The molecule has 0 radical (unpaired) electrons. The number of nitrogens with two attached hydrogens (primary N) is 1. The summed E-state index contributed by atoms with van der Waals surface area (Å²) in [6.45, 7) is 13.1. The van der Waals surface area contributed by atoms with E-state index in [0.717, 1.165) is 30.4 Å². The lowest BCUT2D eigenvalue weighted by Crippen LogP contribution is -2.67. The molecule has 21 nitrogen and oxygen atoms in total. The van der Waals surface area contributed by atoms with Crippen LogP contribution in [0.4, 0.5) is 9.59 Å². The molecule has 4 rings (SSSR count). The average Bonchev–Trinajstić information content (AvgIpc) is 3.84. The van der Waals surface area contributed by atoms with Crippen molar-refractivity contribution in [3.63, 3.8) is 0 Å². The summed E-state index contributed by atoms with van der Waals surface area (Å²) in [6.07, 6.45) is 3.74. The van der Waals surface area contributed by atoms with Gasteiger partial charge in [-0.15, -0.1) is 0 Å². The van der Waals surface area contributed by atoms with Crippen LogP contribution >= 0.6 is 0 Å². The minimum absolute atomic E-state index is 0.0337. The topological polar surface area (TPSA) is 286 Å². The Labute approximate surface area is 434 Å². The van der Waals surface area contributed by atoms with E-state index >= 15 is 0 Å². The van der Waals surface area contributed by atoms with Crippen LogP contribution in [0.25, 0.3) is 11.1 Å². The fourth-order valence-electron chi connectivity index (χ4n) is 8.28. The van der Waals surface area contributed by atoms with E-state index in [0.29, 0.717) is 50.6 Å². The van der Waals surface area contributed by atoms with Crippen LogP contribution in [0.15, 0.2) is 48.5 Å². The first-order valence-corrected chi connectivity index (χ1v) is 25.7. The number of unbranched alkanes of at least 4 members (excludes halogenated alkanes) is 4. The number of aryl methyl sites for hydroxylation is 1. The third-order valence-electron chi connectivity index (χ3n) is 12.2. The van der Waals surface area contributed by atoms with Gasteiger partial charge >= 0.3 is 18.2 Å². The second kappa shape index (κ2) is 28.6. The first kappa shape index (κ1) is 59.8. The number of nitrogens with one attached hydrogen (secondary N) is 6. The highest BCUT2D eigenvalue weighted by Crippen LogP contribution is 2.23. The van der Waals surface area contributed by atoms with E-state index in [-0.39, 0.29) is 45.4 Å². The number of β-lactam (4-membered cyclic amide) rings is 1. The first-order valence-electron chi connectivity index (χ1n) is 25.7. The summed E-state index contributed by atoms with van der Waals surface area (Å²) in [7, 11) is 1.19. The third-order valence-corrected chi connectivity index (χ3v) is 12.2. The smallest absolute Gasteiger partial charge is 0.407 e. The van der Waals surface area contributed by atoms with Crippen LogP contribution in [-0.4, -0.2) is 145 Å². The maximum Gasteiger partial charge on any atom is 0.407 e. The van der Waals surface area contributed by atoms with E-state index < -0.39 is 95.1 Å². The van der Waals surface area contributed by atoms with Crippen LogP contribution in [0.1, 0.15) is 135 Å². The summed E-state index contributed by atoms with van der Waals surface area (Å²) in [5.41, 5.74) is 8.40. The van der Waals surface area contributed by atoms with Crippen LogP contribution in [0.2, 0.25) is 0 Å². The molecule has 0 saturated carbocycles. The molecule has 0 spiro atoms. The third kappa shape index (κ3) is 19.9. The molecule has 0 aromatic heterocycles. The van der Waals surface area contributed by atoms with Crippen molar-refractivity contribution in [3.8, 4) is 11.1 Å². The average molecular weight is 1030 g/mol. The van der Waals surface area contributed by atoms with Gasteiger partial charge in [0.25, 0.3) is 11.8 Å². The largest absolute Gasteiger partial charge is 0.468 e. The number of rotatable bonds is 26. The van der Waals surface area contributed by atoms with Crippen molar-refractivity contribution in [2.24, 2.45) is 5.73 Å². The van der Waals surface area contributed by atoms with Gasteiger partial charge in [0.05, 0.1) is 13.7 Å². The highest BCUT2D eigenvalue weighted by molar-refractivity contribution is 6.00. The molecule has 21 heteroatoms. The fraction of sp³-hybridized carbons (Fsp3) is 0.604. The molecule has 2 aromatic rings. The lowest BCUT2D eigenvalue weighted by atomic mass is 10.0. The van der Waals surface area contributed by atoms with E-state index in [1.54, 1.807) is 53.7 Å². The van der Waals surface area contributed by atoms with Gasteiger partial charge in [-0.05, 0) is 128 Å². The second-order valence-electron chi connectivity index (χ2n) is 20.7. The molecular weight excluding hydrogens is 955 g/mol. The van der Waals surface area contributed by atoms with Gasteiger partial charge < -0.3 is 61.6 Å². The van der Waals surface area contributed by atoms with E-state index in [2.05, 4.69) is 67.8 Å². The summed E-state index contributed by atoms with van der Waals surface area (Å²) in [5.74, 6) is -4.46. The number of benzene rings is 2. The monoisotopic (exact) mass is 1030 g/mol. The van der Waals surface area contributed by atoms with Crippen molar-refractivity contribution in [2.45, 2.75) is 167 Å². The van der Waals surface area contributed by atoms with Crippen LogP contribution in [-0.2, 0) is 49.4 Å². The molecule has 2 heterocycles. The van der Waals surface area contributed by atoms with Crippen LogP contribution in [0.3, 0.4) is 0 Å². The Hall–Kier alpha value is -6.77. The Morgan fingerprint density at radius 3 is 1.85 bits per heavy atom. The molecule has 0 unspecified atom stereocenters. The number of likely N-dealkylation sites (tertiary alicyclic amines) is 2. The van der Waals surface area contributed by atoms with Gasteiger partial charge in [-0.25, -0.2) is 9.59 Å². The molecule has 0 aliphatic carbocycles. The van der Waals surface area contributed by atoms with E-state index in [9.17, 15) is 43.2 Å². The molecular formula is C53H79N9O12. The molecule has 0 bridgehead atoms. The van der Waals surface area contributed by atoms with E-state index in [1.165, 1.54) is 22.5 Å². The molecule has 2 aliphatic heterocycles. The van der Waals surface area contributed by atoms with Crippen molar-refractivity contribution < 1.29 is 57.4 Å².